The van der Waals surface area contributed by atoms with Gasteiger partial charge in [-0.3, -0.25) is 4.90 Å². The number of halogens is 3. The number of nitrogens with one attached hydrogen (secondary N) is 1. The van der Waals surface area contributed by atoms with Crippen molar-refractivity contribution < 1.29 is 27.4 Å². The molecule has 30 heavy (non-hydrogen) atoms. The van der Waals surface area contributed by atoms with E-state index in [4.69, 9.17) is 14.2 Å². The van der Waals surface area contributed by atoms with Gasteiger partial charge in [0.2, 0.25) is 0 Å². The van der Waals surface area contributed by atoms with Crippen LogP contribution >= 0.6 is 11.3 Å². The van der Waals surface area contributed by atoms with Crippen molar-refractivity contribution in [3.63, 3.8) is 0 Å². The van der Waals surface area contributed by atoms with Crippen molar-refractivity contribution in [1.82, 2.24) is 10.2 Å². The molecule has 0 saturated carbocycles. The molecule has 0 bridgehead atoms. The van der Waals surface area contributed by atoms with E-state index in [2.05, 4.69) is 29.3 Å². The maximum absolute atomic E-state index is 12.4. The van der Waals surface area contributed by atoms with Crippen molar-refractivity contribution >= 4 is 11.3 Å². The van der Waals surface area contributed by atoms with Crippen LogP contribution in [0.15, 0.2) is 30.3 Å². The molecule has 1 fully saturated rings. The van der Waals surface area contributed by atoms with Gasteiger partial charge in [0.1, 0.15) is 0 Å². The SMILES string of the molecule is COc1cc(CNCC(c2ccc(C)s2)N2CCOCC2)ccc1OCC(F)(F)F. The van der Waals surface area contributed by atoms with Gasteiger partial charge >= 0.3 is 6.18 Å². The van der Waals surface area contributed by atoms with Crippen LogP contribution in [0, 0.1) is 6.92 Å². The van der Waals surface area contributed by atoms with Gasteiger partial charge < -0.3 is 19.5 Å². The fourth-order valence-electron chi connectivity index (χ4n) is 3.39. The highest BCUT2D eigenvalue weighted by Crippen LogP contribution is 2.30. The van der Waals surface area contributed by atoms with E-state index in [9.17, 15) is 13.2 Å². The van der Waals surface area contributed by atoms with E-state index in [0.29, 0.717) is 6.54 Å². The molecule has 2 aromatic rings. The standard InChI is InChI=1S/C21H27F3N2O3S/c1-15-3-6-20(30-15)17(26-7-9-28-10-8-26)13-25-12-16-4-5-18(19(11-16)27-2)29-14-21(22,23)24/h3-6,11,17,25H,7-10,12-14H2,1-2H3. The Labute approximate surface area is 178 Å². The first-order chi connectivity index (χ1) is 14.4. The number of alkyl halides is 3. The van der Waals surface area contributed by atoms with E-state index in [1.807, 2.05) is 0 Å². The minimum absolute atomic E-state index is 0.0822. The Bertz CT molecular complexity index is 807. The zero-order valence-electron chi connectivity index (χ0n) is 17.1. The third kappa shape index (κ3) is 6.60. The van der Waals surface area contributed by atoms with Crippen LogP contribution in [0.1, 0.15) is 21.4 Å². The van der Waals surface area contributed by atoms with E-state index in [-0.39, 0.29) is 17.5 Å². The van der Waals surface area contributed by atoms with Crippen LogP contribution in [0.3, 0.4) is 0 Å². The fourth-order valence-corrected chi connectivity index (χ4v) is 4.40. The number of rotatable bonds is 9. The maximum Gasteiger partial charge on any atom is 0.422 e. The molecule has 5 nitrogen and oxygen atoms in total. The number of thiophene rings is 1. The molecule has 0 radical (unpaired) electrons. The number of benzene rings is 1. The largest absolute Gasteiger partial charge is 0.493 e. The first kappa shape index (κ1) is 22.9. The third-order valence-electron chi connectivity index (χ3n) is 4.86. The number of methoxy groups -OCH3 is 1. The van der Waals surface area contributed by atoms with Gasteiger partial charge in [-0.15, -0.1) is 11.3 Å². The van der Waals surface area contributed by atoms with Gasteiger partial charge in [0.15, 0.2) is 18.1 Å². The summed E-state index contributed by atoms with van der Waals surface area (Å²) in [4.78, 5) is 5.02. The summed E-state index contributed by atoms with van der Waals surface area (Å²) in [5, 5.41) is 3.48. The molecule has 2 heterocycles. The van der Waals surface area contributed by atoms with Crippen molar-refractivity contribution in [3.05, 3.63) is 45.6 Å². The summed E-state index contributed by atoms with van der Waals surface area (Å²) >= 11 is 1.80. The second-order valence-electron chi connectivity index (χ2n) is 7.13. The second kappa shape index (κ2) is 10.5. The summed E-state index contributed by atoms with van der Waals surface area (Å²) in [5.41, 5.74) is 0.911. The summed E-state index contributed by atoms with van der Waals surface area (Å²) in [5.74, 6) is 0.371. The van der Waals surface area contributed by atoms with E-state index >= 15 is 0 Å². The molecule has 1 aliphatic heterocycles. The number of ether oxygens (including phenoxy) is 3. The molecule has 1 saturated heterocycles. The molecule has 9 heteroatoms. The van der Waals surface area contributed by atoms with Gasteiger partial charge in [0, 0.05) is 35.9 Å². The summed E-state index contributed by atoms with van der Waals surface area (Å²) in [6.07, 6.45) is -4.39. The molecule has 0 aliphatic carbocycles. The minimum atomic E-state index is -4.39. The molecule has 1 N–H and O–H groups in total. The third-order valence-corrected chi connectivity index (χ3v) is 5.96. The zero-order chi connectivity index (χ0) is 21.6. The lowest BCUT2D eigenvalue weighted by molar-refractivity contribution is -0.153. The lowest BCUT2D eigenvalue weighted by Gasteiger charge is -2.34. The van der Waals surface area contributed by atoms with Crippen LogP contribution in [0.4, 0.5) is 13.2 Å². The van der Waals surface area contributed by atoms with Crippen molar-refractivity contribution in [1.29, 1.82) is 0 Å². The minimum Gasteiger partial charge on any atom is -0.493 e. The van der Waals surface area contributed by atoms with Gasteiger partial charge in [-0.1, -0.05) is 6.07 Å². The van der Waals surface area contributed by atoms with Gasteiger partial charge in [-0.05, 0) is 36.8 Å². The second-order valence-corrected chi connectivity index (χ2v) is 8.45. The first-order valence-electron chi connectivity index (χ1n) is 9.81. The van der Waals surface area contributed by atoms with Crippen LogP contribution in [-0.4, -0.2) is 57.6 Å². The topological polar surface area (TPSA) is 43.0 Å². The molecule has 3 rings (SSSR count). The smallest absolute Gasteiger partial charge is 0.422 e. The van der Waals surface area contributed by atoms with E-state index in [1.165, 1.54) is 22.9 Å². The fraction of sp³-hybridized carbons (Fsp3) is 0.524. The van der Waals surface area contributed by atoms with Crippen molar-refractivity contribution in [2.75, 3.05) is 46.6 Å². The maximum atomic E-state index is 12.4. The molecule has 0 spiro atoms. The molecule has 166 valence electrons. The average molecular weight is 445 g/mol. The molecule has 1 aliphatic rings. The Morgan fingerprint density at radius 2 is 1.93 bits per heavy atom. The Morgan fingerprint density at radius 1 is 1.17 bits per heavy atom. The molecule has 1 aromatic carbocycles. The predicted molar refractivity (Wildman–Crippen MR) is 110 cm³/mol. The first-order valence-corrected chi connectivity index (χ1v) is 10.6. The normalized spacial score (nSPS) is 16.4. The summed E-state index contributed by atoms with van der Waals surface area (Å²) in [6.45, 7) is 5.34. The molecule has 1 atom stereocenters. The Morgan fingerprint density at radius 3 is 2.57 bits per heavy atom. The van der Waals surface area contributed by atoms with E-state index in [0.717, 1.165) is 38.4 Å². The highest BCUT2D eigenvalue weighted by atomic mass is 32.1. The van der Waals surface area contributed by atoms with Gasteiger partial charge in [-0.2, -0.15) is 13.2 Å². The highest BCUT2D eigenvalue weighted by molar-refractivity contribution is 7.12. The van der Waals surface area contributed by atoms with Crippen LogP contribution in [0.25, 0.3) is 0 Å². The van der Waals surface area contributed by atoms with Crippen LogP contribution in [0.5, 0.6) is 11.5 Å². The van der Waals surface area contributed by atoms with Gasteiger partial charge in [-0.25, -0.2) is 0 Å². The Hall–Kier alpha value is -1.81. The van der Waals surface area contributed by atoms with Crippen molar-refractivity contribution in [3.8, 4) is 11.5 Å². The van der Waals surface area contributed by atoms with E-state index in [1.54, 1.807) is 23.5 Å². The number of nitrogens with zero attached hydrogens (tertiary/aromatic N) is 1. The van der Waals surface area contributed by atoms with Crippen LogP contribution < -0.4 is 14.8 Å². The average Bonchev–Trinajstić information content (AvgIpc) is 3.16. The number of hydrogen-bond donors (Lipinski definition) is 1. The lowest BCUT2D eigenvalue weighted by Crippen LogP contribution is -2.42. The zero-order valence-corrected chi connectivity index (χ0v) is 17.9. The summed E-state index contributed by atoms with van der Waals surface area (Å²) < 4.78 is 52.8. The van der Waals surface area contributed by atoms with Crippen molar-refractivity contribution in [2.45, 2.75) is 25.7 Å². The molecular weight excluding hydrogens is 417 g/mol. The molecular formula is C21H27F3N2O3S. The summed E-state index contributed by atoms with van der Waals surface area (Å²) in [6, 6.07) is 9.54. The Balaban J connectivity index is 1.61. The molecule has 0 amide bonds. The van der Waals surface area contributed by atoms with Gasteiger partial charge in [0.25, 0.3) is 0 Å². The van der Waals surface area contributed by atoms with E-state index < -0.39 is 12.8 Å². The summed E-state index contributed by atoms with van der Waals surface area (Å²) in [7, 11) is 1.42. The monoisotopic (exact) mass is 444 g/mol. The number of aryl methyl sites for hydroxylation is 1. The quantitative estimate of drug-likeness (QED) is 0.629. The number of hydrogen-bond acceptors (Lipinski definition) is 6. The van der Waals surface area contributed by atoms with Crippen LogP contribution in [-0.2, 0) is 11.3 Å². The predicted octanol–water partition coefficient (Wildman–Crippen LogP) is 4.17. The van der Waals surface area contributed by atoms with Crippen molar-refractivity contribution in [2.24, 2.45) is 0 Å². The molecule has 1 unspecified atom stereocenters. The van der Waals surface area contributed by atoms with Gasteiger partial charge in [0.05, 0.1) is 26.4 Å². The number of morpholine rings is 1. The van der Waals surface area contributed by atoms with Crippen LogP contribution in [0.2, 0.25) is 0 Å². The lowest BCUT2D eigenvalue weighted by atomic mass is 10.1. The highest BCUT2D eigenvalue weighted by Gasteiger charge is 2.29. The Kier molecular flexibility index (Phi) is 7.99. The molecule has 1 aromatic heterocycles.